The number of aromatic nitrogens is 4. The third kappa shape index (κ3) is 3.04. The largest absolute Gasteiger partial charge is 0.383 e. The number of imidazole rings is 1. The number of imide groups is 1. The van der Waals surface area contributed by atoms with Crippen LogP contribution in [-0.2, 0) is 4.74 Å². The van der Waals surface area contributed by atoms with Crippen LogP contribution in [0.15, 0.2) is 36.9 Å². The number of anilines is 1. The van der Waals surface area contributed by atoms with Crippen molar-refractivity contribution in [3.8, 4) is 11.8 Å². The van der Waals surface area contributed by atoms with Crippen molar-refractivity contribution in [2.45, 2.75) is 43.8 Å². The predicted molar refractivity (Wildman–Crippen MR) is 134 cm³/mol. The molecule has 3 aliphatic rings. The van der Waals surface area contributed by atoms with E-state index in [9.17, 15) is 19.8 Å². The summed E-state index contributed by atoms with van der Waals surface area (Å²) < 4.78 is 7.73. The van der Waals surface area contributed by atoms with Gasteiger partial charge in [-0.15, -0.1) is 5.92 Å². The van der Waals surface area contributed by atoms with Gasteiger partial charge in [-0.05, 0) is 12.1 Å². The van der Waals surface area contributed by atoms with Gasteiger partial charge in [0.1, 0.15) is 29.2 Å². The third-order valence-corrected chi connectivity index (χ3v) is 8.18. The fraction of sp³-hybridized carbons (Fsp3) is 0.423. The number of ether oxygens (including phenoxy) is 1. The highest BCUT2D eigenvalue weighted by molar-refractivity contribution is 6.21. The van der Waals surface area contributed by atoms with Crippen LogP contribution in [0.3, 0.4) is 0 Å². The highest BCUT2D eigenvalue weighted by Gasteiger charge is 2.92. The van der Waals surface area contributed by atoms with Crippen molar-refractivity contribution in [1.82, 2.24) is 29.7 Å². The standard InChI is InChI=1S/C26H27N7O5/c1-24(2)25(36)17(38-23(26(24,25)37)33-14-31-18-19(27)29-13-30-20(18)33)12-28-10-6-3-7-11-32-21(34)15-8-4-5-9-16(15)22(32)35/h4-5,8-9,13-14,17,23,28,36-37H,6,10-12H2,1-2H3,(H2,27,29,30)/t17-,23-,25-,26+/m1/s1. The van der Waals surface area contributed by atoms with Gasteiger partial charge >= 0.3 is 0 Å². The summed E-state index contributed by atoms with van der Waals surface area (Å²) in [6.07, 6.45) is 1.61. The van der Waals surface area contributed by atoms with Crippen LogP contribution in [0.2, 0.25) is 0 Å². The van der Waals surface area contributed by atoms with Crippen molar-refractivity contribution < 1.29 is 24.5 Å². The van der Waals surface area contributed by atoms with Gasteiger partial charge in [0.25, 0.3) is 11.8 Å². The fourth-order valence-corrected chi connectivity index (χ4v) is 5.89. The number of fused-ring (bicyclic) bond motifs is 3. The zero-order valence-corrected chi connectivity index (χ0v) is 20.9. The molecule has 1 saturated carbocycles. The van der Waals surface area contributed by atoms with Crippen molar-refractivity contribution in [3.05, 3.63) is 48.0 Å². The second-order valence-corrected chi connectivity index (χ2v) is 10.3. The summed E-state index contributed by atoms with van der Waals surface area (Å²) in [6.45, 7) is 4.36. The summed E-state index contributed by atoms with van der Waals surface area (Å²) in [5, 5.41) is 26.3. The maximum atomic E-state index is 12.4. The van der Waals surface area contributed by atoms with Gasteiger partial charge in [-0.25, -0.2) is 15.0 Å². The molecule has 2 amide bonds. The molecule has 0 bridgehead atoms. The van der Waals surface area contributed by atoms with Gasteiger partial charge < -0.3 is 26.0 Å². The van der Waals surface area contributed by atoms with Gasteiger partial charge in [-0.2, -0.15) is 0 Å². The molecule has 2 aliphatic heterocycles. The number of nitrogen functional groups attached to an aromatic ring is 1. The highest BCUT2D eigenvalue weighted by atomic mass is 16.6. The average molecular weight is 518 g/mol. The van der Waals surface area contributed by atoms with E-state index >= 15 is 0 Å². The van der Waals surface area contributed by atoms with E-state index in [1.54, 1.807) is 42.7 Å². The molecule has 3 aromatic rings. The van der Waals surface area contributed by atoms with Crippen molar-refractivity contribution in [1.29, 1.82) is 0 Å². The predicted octanol–water partition coefficient (Wildman–Crippen LogP) is 0.0872. The quantitative estimate of drug-likeness (QED) is 0.200. The van der Waals surface area contributed by atoms with E-state index in [0.717, 1.165) is 4.90 Å². The van der Waals surface area contributed by atoms with E-state index < -0.39 is 28.9 Å². The van der Waals surface area contributed by atoms with Crippen LogP contribution < -0.4 is 11.1 Å². The van der Waals surface area contributed by atoms with Crippen LogP contribution in [0.25, 0.3) is 11.2 Å². The Morgan fingerprint density at radius 3 is 2.50 bits per heavy atom. The first-order valence-corrected chi connectivity index (χ1v) is 12.3. The van der Waals surface area contributed by atoms with E-state index in [-0.39, 0.29) is 30.7 Å². The van der Waals surface area contributed by atoms with E-state index in [1.807, 2.05) is 0 Å². The number of amides is 2. The summed E-state index contributed by atoms with van der Waals surface area (Å²) in [6, 6.07) is 6.72. The zero-order valence-electron chi connectivity index (χ0n) is 20.9. The Kier molecular flexibility index (Phi) is 5.34. The molecule has 4 atom stereocenters. The SMILES string of the molecule is CC1(C)[C@]2(O)[C@@H](CNCCC#CCN3C(=O)c4ccccc4C3=O)O[C@@H](n3cnc4c(N)ncnc43)[C@]12O. The molecule has 12 nitrogen and oxygen atoms in total. The summed E-state index contributed by atoms with van der Waals surface area (Å²) >= 11 is 0. The molecule has 2 aromatic heterocycles. The van der Waals surface area contributed by atoms with E-state index in [0.29, 0.717) is 35.3 Å². The molecule has 2 fully saturated rings. The number of carbonyl (C=O) groups excluding carboxylic acids is 2. The lowest BCUT2D eigenvalue weighted by atomic mass is 10.0. The van der Waals surface area contributed by atoms with E-state index in [4.69, 9.17) is 10.5 Å². The van der Waals surface area contributed by atoms with E-state index in [2.05, 4.69) is 32.1 Å². The molecule has 5 N–H and O–H groups in total. The Balaban J connectivity index is 1.07. The van der Waals surface area contributed by atoms with Crippen LogP contribution in [-0.4, -0.2) is 83.4 Å². The Bertz CT molecular complexity index is 1510. The number of rotatable bonds is 6. The summed E-state index contributed by atoms with van der Waals surface area (Å²) in [4.78, 5) is 38.4. The minimum absolute atomic E-state index is 0.0215. The summed E-state index contributed by atoms with van der Waals surface area (Å²) in [5.41, 5.74) is 3.59. The van der Waals surface area contributed by atoms with Crippen LogP contribution in [0.4, 0.5) is 5.82 Å². The zero-order chi connectivity index (χ0) is 26.9. The van der Waals surface area contributed by atoms with Gasteiger partial charge in [0.15, 0.2) is 17.7 Å². The molecule has 196 valence electrons. The van der Waals surface area contributed by atoms with Gasteiger partial charge in [-0.3, -0.25) is 19.1 Å². The molecule has 6 rings (SSSR count). The minimum atomic E-state index is -1.56. The van der Waals surface area contributed by atoms with Crippen molar-refractivity contribution >= 4 is 28.8 Å². The van der Waals surface area contributed by atoms with E-state index in [1.165, 1.54) is 12.7 Å². The van der Waals surface area contributed by atoms with Crippen LogP contribution in [0, 0.1) is 17.3 Å². The molecule has 38 heavy (non-hydrogen) atoms. The van der Waals surface area contributed by atoms with Gasteiger partial charge in [-0.1, -0.05) is 31.9 Å². The monoisotopic (exact) mass is 517 g/mol. The molecule has 1 aliphatic carbocycles. The summed E-state index contributed by atoms with van der Waals surface area (Å²) in [7, 11) is 0. The first kappa shape index (κ1) is 24.4. The van der Waals surface area contributed by atoms with Crippen molar-refractivity contribution in [2.75, 3.05) is 25.4 Å². The lowest BCUT2D eigenvalue weighted by Gasteiger charge is -2.28. The topological polar surface area (TPSA) is 169 Å². The van der Waals surface area contributed by atoms with Gasteiger partial charge in [0, 0.05) is 24.9 Å². The van der Waals surface area contributed by atoms with Crippen molar-refractivity contribution in [3.63, 3.8) is 0 Å². The molecule has 12 heteroatoms. The van der Waals surface area contributed by atoms with Crippen LogP contribution in [0.5, 0.6) is 0 Å². The third-order valence-electron chi connectivity index (χ3n) is 8.18. The van der Waals surface area contributed by atoms with Gasteiger partial charge in [0.2, 0.25) is 0 Å². The fourth-order valence-electron chi connectivity index (χ4n) is 5.89. The number of hydrogen-bond acceptors (Lipinski definition) is 10. The second kappa shape index (κ2) is 8.31. The lowest BCUT2D eigenvalue weighted by molar-refractivity contribution is -0.109. The number of benzene rings is 1. The number of hydrogen-bond donors (Lipinski definition) is 4. The molecule has 1 aromatic carbocycles. The average Bonchev–Trinajstić information content (AvgIpc) is 3.34. The van der Waals surface area contributed by atoms with Gasteiger partial charge in [0.05, 0.1) is 24.0 Å². The normalized spacial score (nSPS) is 28.8. The summed E-state index contributed by atoms with van der Waals surface area (Å²) in [5.74, 6) is 5.40. The molecule has 0 radical (unpaired) electrons. The molecular weight excluding hydrogens is 490 g/mol. The number of nitrogens with two attached hydrogens (primary N) is 1. The Labute approximate surface area is 217 Å². The molecular formula is C26H27N7O5. The Hall–Kier alpha value is -3.89. The molecule has 0 unspecified atom stereocenters. The maximum Gasteiger partial charge on any atom is 0.262 e. The molecule has 0 spiro atoms. The van der Waals surface area contributed by atoms with Crippen LogP contribution >= 0.6 is 0 Å². The molecule has 1 saturated heterocycles. The molecule has 4 heterocycles. The smallest absolute Gasteiger partial charge is 0.262 e. The Morgan fingerprint density at radius 2 is 1.79 bits per heavy atom. The number of aliphatic hydroxyl groups is 2. The van der Waals surface area contributed by atoms with Crippen LogP contribution in [0.1, 0.15) is 47.2 Å². The number of carbonyl (C=O) groups is 2. The maximum absolute atomic E-state index is 12.4. The second-order valence-electron chi connectivity index (χ2n) is 10.3. The number of nitrogens with zero attached hydrogens (tertiary/aromatic N) is 5. The Morgan fingerprint density at radius 1 is 1.08 bits per heavy atom. The first-order valence-electron chi connectivity index (χ1n) is 12.3. The minimum Gasteiger partial charge on any atom is -0.383 e. The number of nitrogens with one attached hydrogen (secondary N) is 1. The first-order chi connectivity index (χ1) is 18.1. The van der Waals surface area contributed by atoms with Crippen molar-refractivity contribution in [2.24, 2.45) is 5.41 Å². The lowest BCUT2D eigenvalue weighted by Crippen LogP contribution is -2.41. The highest BCUT2D eigenvalue weighted by Crippen LogP contribution is 2.75.